The molecule has 1 heterocycles. The van der Waals surface area contributed by atoms with Gasteiger partial charge in [-0.1, -0.05) is 0 Å². The first kappa shape index (κ1) is 13.9. The van der Waals surface area contributed by atoms with Gasteiger partial charge in [0, 0.05) is 25.9 Å². The molecule has 0 saturated carbocycles. The van der Waals surface area contributed by atoms with Gasteiger partial charge in [0.05, 0.1) is 18.0 Å². The molecule has 0 aliphatic carbocycles. The summed E-state index contributed by atoms with van der Waals surface area (Å²) in [5.41, 5.74) is 5.58. The van der Waals surface area contributed by atoms with Gasteiger partial charge in [0.25, 0.3) is 0 Å². The van der Waals surface area contributed by atoms with Crippen LogP contribution in [0, 0.1) is 0 Å². The zero-order valence-corrected chi connectivity index (χ0v) is 10.9. The summed E-state index contributed by atoms with van der Waals surface area (Å²) >= 11 is 0. The highest BCUT2D eigenvalue weighted by Crippen LogP contribution is 2.10. The van der Waals surface area contributed by atoms with E-state index in [1.807, 2.05) is 6.92 Å². The first-order valence-corrected chi connectivity index (χ1v) is 7.72. The predicted molar refractivity (Wildman–Crippen MR) is 64.2 cm³/mol. The molecule has 96 valence electrons. The molecule has 0 aromatic rings. The van der Waals surface area contributed by atoms with Crippen LogP contribution in [0.2, 0.25) is 0 Å². The lowest BCUT2D eigenvalue weighted by Gasteiger charge is -2.36. The van der Waals surface area contributed by atoms with Crippen LogP contribution >= 0.6 is 0 Å². The van der Waals surface area contributed by atoms with E-state index in [4.69, 9.17) is 10.5 Å². The molecule has 1 aliphatic rings. The van der Waals surface area contributed by atoms with Crippen LogP contribution in [0.4, 0.5) is 0 Å². The molecule has 16 heavy (non-hydrogen) atoms. The molecule has 5 nitrogen and oxygen atoms in total. The third-order valence-electron chi connectivity index (χ3n) is 2.65. The van der Waals surface area contributed by atoms with Crippen LogP contribution in [0.3, 0.4) is 0 Å². The van der Waals surface area contributed by atoms with Crippen molar-refractivity contribution in [2.24, 2.45) is 5.73 Å². The molecule has 2 atom stereocenters. The van der Waals surface area contributed by atoms with E-state index in [9.17, 15) is 8.42 Å². The first-order chi connectivity index (χ1) is 7.40. The van der Waals surface area contributed by atoms with Crippen molar-refractivity contribution in [3.8, 4) is 0 Å². The third kappa shape index (κ3) is 5.25. The van der Waals surface area contributed by atoms with Gasteiger partial charge in [0.2, 0.25) is 0 Å². The highest BCUT2D eigenvalue weighted by atomic mass is 32.2. The zero-order valence-electron chi connectivity index (χ0n) is 10.1. The molecule has 2 unspecified atom stereocenters. The fourth-order valence-electron chi connectivity index (χ4n) is 2.00. The Labute approximate surface area is 97.9 Å². The van der Waals surface area contributed by atoms with Crippen molar-refractivity contribution in [2.75, 3.05) is 38.2 Å². The van der Waals surface area contributed by atoms with E-state index in [0.717, 1.165) is 19.6 Å². The minimum absolute atomic E-state index is 0.0852. The van der Waals surface area contributed by atoms with Gasteiger partial charge >= 0.3 is 0 Å². The van der Waals surface area contributed by atoms with Crippen molar-refractivity contribution in [3.63, 3.8) is 0 Å². The SMILES string of the molecule is CC1CN(CCCS(C)(=O)=O)CC(CN)O1. The Kier molecular flexibility index (Phi) is 5.17. The summed E-state index contributed by atoms with van der Waals surface area (Å²) in [5.74, 6) is 0.256. The van der Waals surface area contributed by atoms with E-state index < -0.39 is 9.84 Å². The van der Waals surface area contributed by atoms with Crippen molar-refractivity contribution in [1.29, 1.82) is 0 Å². The van der Waals surface area contributed by atoms with Crippen molar-refractivity contribution in [2.45, 2.75) is 25.6 Å². The van der Waals surface area contributed by atoms with Gasteiger partial charge in [-0.05, 0) is 19.9 Å². The van der Waals surface area contributed by atoms with Gasteiger partial charge in [-0.25, -0.2) is 8.42 Å². The van der Waals surface area contributed by atoms with Gasteiger partial charge < -0.3 is 10.5 Å². The number of ether oxygens (including phenoxy) is 1. The number of sulfone groups is 1. The third-order valence-corrected chi connectivity index (χ3v) is 3.68. The van der Waals surface area contributed by atoms with Crippen LogP contribution in [-0.2, 0) is 14.6 Å². The standard InChI is InChI=1S/C10H22N2O3S/c1-9-7-12(8-10(6-11)15-9)4-3-5-16(2,13)14/h9-10H,3-8,11H2,1-2H3. The number of nitrogens with two attached hydrogens (primary N) is 1. The van der Waals surface area contributed by atoms with Crippen molar-refractivity contribution >= 4 is 9.84 Å². The van der Waals surface area contributed by atoms with E-state index in [0.29, 0.717) is 13.0 Å². The molecule has 0 aromatic heterocycles. The second kappa shape index (κ2) is 5.95. The highest BCUT2D eigenvalue weighted by Gasteiger charge is 2.23. The minimum Gasteiger partial charge on any atom is -0.371 e. The molecule has 0 bridgehead atoms. The van der Waals surface area contributed by atoms with Crippen molar-refractivity contribution < 1.29 is 13.2 Å². The van der Waals surface area contributed by atoms with Crippen LogP contribution in [0.5, 0.6) is 0 Å². The number of hydrogen-bond acceptors (Lipinski definition) is 5. The Morgan fingerprint density at radius 2 is 2.12 bits per heavy atom. The summed E-state index contributed by atoms with van der Waals surface area (Å²) in [5, 5.41) is 0. The summed E-state index contributed by atoms with van der Waals surface area (Å²) in [7, 11) is -2.84. The second-order valence-corrected chi connectivity index (χ2v) is 6.81. The number of morpholine rings is 1. The Balaban J connectivity index is 2.31. The van der Waals surface area contributed by atoms with Gasteiger partial charge in [0.15, 0.2) is 0 Å². The van der Waals surface area contributed by atoms with E-state index in [-0.39, 0.29) is 18.0 Å². The average molecular weight is 250 g/mol. The topological polar surface area (TPSA) is 72.6 Å². The molecule has 1 fully saturated rings. The fourth-order valence-corrected chi connectivity index (χ4v) is 2.66. The minimum atomic E-state index is -2.84. The Morgan fingerprint density at radius 3 is 2.69 bits per heavy atom. The molecule has 6 heteroatoms. The lowest BCUT2D eigenvalue weighted by Crippen LogP contribution is -2.49. The number of hydrogen-bond donors (Lipinski definition) is 1. The van der Waals surface area contributed by atoms with E-state index >= 15 is 0 Å². The first-order valence-electron chi connectivity index (χ1n) is 5.66. The van der Waals surface area contributed by atoms with Crippen LogP contribution in [0.15, 0.2) is 0 Å². The van der Waals surface area contributed by atoms with Crippen LogP contribution < -0.4 is 5.73 Å². The fraction of sp³-hybridized carbons (Fsp3) is 1.00. The molecule has 0 aromatic carbocycles. The van der Waals surface area contributed by atoms with E-state index in [1.54, 1.807) is 0 Å². The number of nitrogens with zero attached hydrogens (tertiary/aromatic N) is 1. The summed E-state index contributed by atoms with van der Waals surface area (Å²) in [6, 6.07) is 0. The predicted octanol–water partition coefficient (Wildman–Crippen LogP) is -0.531. The molecular weight excluding hydrogens is 228 g/mol. The monoisotopic (exact) mass is 250 g/mol. The highest BCUT2D eigenvalue weighted by molar-refractivity contribution is 7.90. The van der Waals surface area contributed by atoms with Gasteiger partial charge in [-0.3, -0.25) is 4.90 Å². The van der Waals surface area contributed by atoms with Crippen molar-refractivity contribution in [3.05, 3.63) is 0 Å². The molecule has 1 aliphatic heterocycles. The molecule has 1 rings (SSSR count). The van der Waals surface area contributed by atoms with E-state index in [1.165, 1.54) is 6.26 Å². The number of rotatable bonds is 5. The summed E-state index contributed by atoms with van der Waals surface area (Å²) < 4.78 is 27.6. The lowest BCUT2D eigenvalue weighted by molar-refractivity contribution is -0.0717. The smallest absolute Gasteiger partial charge is 0.147 e. The largest absolute Gasteiger partial charge is 0.371 e. The van der Waals surface area contributed by atoms with Crippen LogP contribution in [0.25, 0.3) is 0 Å². The molecule has 0 amide bonds. The second-order valence-electron chi connectivity index (χ2n) is 4.55. The lowest BCUT2D eigenvalue weighted by atomic mass is 10.2. The maximum absolute atomic E-state index is 11.0. The molecule has 0 radical (unpaired) electrons. The normalized spacial score (nSPS) is 28.2. The Morgan fingerprint density at radius 1 is 1.44 bits per heavy atom. The summed E-state index contributed by atoms with van der Waals surface area (Å²) in [6.45, 7) is 5.01. The van der Waals surface area contributed by atoms with E-state index in [2.05, 4.69) is 4.90 Å². The van der Waals surface area contributed by atoms with Crippen LogP contribution in [0.1, 0.15) is 13.3 Å². The molecule has 2 N–H and O–H groups in total. The van der Waals surface area contributed by atoms with Gasteiger partial charge in [-0.2, -0.15) is 0 Å². The zero-order chi connectivity index (χ0) is 12.2. The van der Waals surface area contributed by atoms with Crippen molar-refractivity contribution in [1.82, 2.24) is 4.90 Å². The maximum Gasteiger partial charge on any atom is 0.147 e. The molecule has 0 spiro atoms. The summed E-state index contributed by atoms with van der Waals surface area (Å²) in [6.07, 6.45) is 2.23. The van der Waals surface area contributed by atoms with Crippen LogP contribution in [-0.4, -0.2) is 63.7 Å². The quantitative estimate of drug-likeness (QED) is 0.710. The average Bonchev–Trinajstić information content (AvgIpc) is 2.14. The Bertz CT molecular complexity index is 305. The Hall–Kier alpha value is -0.170. The maximum atomic E-state index is 11.0. The molecule has 1 saturated heterocycles. The summed E-state index contributed by atoms with van der Waals surface area (Å²) in [4.78, 5) is 2.23. The molecular formula is C10H22N2O3S. The van der Waals surface area contributed by atoms with Gasteiger partial charge in [0.1, 0.15) is 9.84 Å². The van der Waals surface area contributed by atoms with Gasteiger partial charge in [-0.15, -0.1) is 0 Å².